The van der Waals surface area contributed by atoms with E-state index < -0.39 is 23.2 Å². The van der Waals surface area contributed by atoms with Crippen molar-refractivity contribution in [1.82, 2.24) is 15.3 Å². The van der Waals surface area contributed by atoms with E-state index in [0.717, 1.165) is 22.7 Å². The number of benzene rings is 2. The largest absolute Gasteiger partial charge is 0.506 e. The number of nitrogens with one attached hydrogen (secondary N) is 3. The third-order valence-corrected chi connectivity index (χ3v) is 6.25. The molecule has 0 bridgehead atoms. The molecule has 2 aromatic heterocycles. The summed E-state index contributed by atoms with van der Waals surface area (Å²) in [5, 5.41) is 14.9. The molecule has 9 nitrogen and oxygen atoms in total. The second-order valence-corrected chi connectivity index (χ2v) is 8.50. The van der Waals surface area contributed by atoms with E-state index in [9.17, 15) is 19.5 Å². The highest BCUT2D eigenvalue weighted by molar-refractivity contribution is 5.92. The molecule has 4 N–H and O–H groups in total. The summed E-state index contributed by atoms with van der Waals surface area (Å²) in [5.74, 6) is -1.80. The van der Waals surface area contributed by atoms with Gasteiger partial charge in [-0.15, -0.1) is 0 Å². The standard InChI is InChI=1S/C28H29N3O6/c1-3-37-28(35)22-16-31-27(34)25(26(22)33)21(17-8-10-19(36-2)11-9-17)14-24(32)29-13-12-18-15-30-23-7-5-4-6-20(18)23/h4-11,15-16,21,30H,3,12-14H2,1-2H3,(H,29,32)(H2,31,33,34)/t21-/m1/s1. The van der Waals surface area contributed by atoms with Crippen LogP contribution in [0, 0.1) is 0 Å². The molecule has 0 aliphatic rings. The summed E-state index contributed by atoms with van der Waals surface area (Å²) in [6.45, 7) is 2.14. The first-order chi connectivity index (χ1) is 17.9. The number of amides is 1. The fourth-order valence-corrected chi connectivity index (χ4v) is 4.38. The number of aromatic amines is 2. The Kier molecular flexibility index (Phi) is 7.92. The Balaban J connectivity index is 1.58. The molecule has 37 heavy (non-hydrogen) atoms. The Hall–Kier alpha value is -4.53. The number of methoxy groups -OCH3 is 1. The smallest absolute Gasteiger partial charge is 0.343 e. The number of rotatable bonds is 10. The molecule has 0 saturated carbocycles. The van der Waals surface area contributed by atoms with Crippen molar-refractivity contribution >= 4 is 22.8 Å². The molecule has 1 amide bonds. The average Bonchev–Trinajstić information content (AvgIpc) is 3.31. The van der Waals surface area contributed by atoms with Crippen LogP contribution in [-0.2, 0) is 16.0 Å². The van der Waals surface area contributed by atoms with Gasteiger partial charge in [0.1, 0.15) is 17.1 Å². The predicted octanol–water partition coefficient (Wildman–Crippen LogP) is 3.63. The third-order valence-electron chi connectivity index (χ3n) is 6.25. The number of pyridine rings is 1. The first-order valence-corrected chi connectivity index (χ1v) is 12.0. The van der Waals surface area contributed by atoms with Gasteiger partial charge in [0.15, 0.2) is 0 Å². The molecule has 192 valence electrons. The van der Waals surface area contributed by atoms with Gasteiger partial charge in [-0.05, 0) is 42.7 Å². The van der Waals surface area contributed by atoms with Crippen molar-refractivity contribution in [2.24, 2.45) is 0 Å². The Morgan fingerprint density at radius 3 is 2.54 bits per heavy atom. The van der Waals surface area contributed by atoms with E-state index in [1.54, 1.807) is 31.2 Å². The molecule has 4 rings (SSSR count). The highest BCUT2D eigenvalue weighted by Crippen LogP contribution is 2.34. The van der Waals surface area contributed by atoms with Gasteiger partial charge in [0.25, 0.3) is 5.56 Å². The number of hydrogen-bond donors (Lipinski definition) is 4. The van der Waals surface area contributed by atoms with Crippen LogP contribution in [0.3, 0.4) is 0 Å². The summed E-state index contributed by atoms with van der Waals surface area (Å²) in [6.07, 6.45) is 3.54. The van der Waals surface area contributed by atoms with Crippen LogP contribution in [0.25, 0.3) is 10.9 Å². The number of carbonyl (C=O) groups is 2. The summed E-state index contributed by atoms with van der Waals surface area (Å²) < 4.78 is 10.2. The maximum absolute atomic E-state index is 13.0. The third kappa shape index (κ3) is 5.66. The van der Waals surface area contributed by atoms with Crippen LogP contribution in [0.4, 0.5) is 0 Å². The van der Waals surface area contributed by atoms with Crippen molar-refractivity contribution in [3.05, 3.63) is 93.5 Å². The van der Waals surface area contributed by atoms with E-state index in [2.05, 4.69) is 15.3 Å². The van der Waals surface area contributed by atoms with Crippen molar-refractivity contribution in [1.29, 1.82) is 0 Å². The normalized spacial score (nSPS) is 11.7. The summed E-state index contributed by atoms with van der Waals surface area (Å²) in [7, 11) is 1.53. The number of fused-ring (bicyclic) bond motifs is 1. The average molecular weight is 504 g/mol. The Morgan fingerprint density at radius 2 is 1.81 bits per heavy atom. The van der Waals surface area contributed by atoms with Crippen LogP contribution < -0.4 is 15.6 Å². The molecule has 9 heteroatoms. The van der Waals surface area contributed by atoms with Crippen molar-refractivity contribution in [2.45, 2.75) is 25.7 Å². The highest BCUT2D eigenvalue weighted by Gasteiger charge is 2.28. The zero-order valence-corrected chi connectivity index (χ0v) is 20.7. The number of para-hydroxylation sites is 1. The summed E-state index contributed by atoms with van der Waals surface area (Å²) in [5.41, 5.74) is 1.86. The van der Waals surface area contributed by atoms with Crippen molar-refractivity contribution in [3.63, 3.8) is 0 Å². The van der Waals surface area contributed by atoms with Crippen molar-refractivity contribution in [3.8, 4) is 11.5 Å². The Bertz CT molecular complexity index is 1460. The van der Waals surface area contributed by atoms with Crippen LogP contribution in [-0.4, -0.2) is 47.2 Å². The molecule has 0 spiro atoms. The SMILES string of the molecule is CCOC(=O)c1c[nH]c(=O)c([C@H](CC(=O)NCCc2c[nH]c3ccccc23)c2ccc(OC)cc2)c1O. The molecular formula is C28H29N3O6. The van der Waals surface area contributed by atoms with Gasteiger partial charge in [-0.1, -0.05) is 30.3 Å². The molecule has 0 unspecified atom stereocenters. The van der Waals surface area contributed by atoms with E-state index in [1.165, 1.54) is 7.11 Å². The monoisotopic (exact) mass is 503 g/mol. The summed E-state index contributed by atoms with van der Waals surface area (Å²) >= 11 is 0. The summed E-state index contributed by atoms with van der Waals surface area (Å²) in [4.78, 5) is 43.9. The minimum Gasteiger partial charge on any atom is -0.506 e. The number of aromatic nitrogens is 2. The lowest BCUT2D eigenvalue weighted by Gasteiger charge is -2.19. The second kappa shape index (κ2) is 11.5. The van der Waals surface area contributed by atoms with Gasteiger partial charge in [0.05, 0.1) is 19.3 Å². The van der Waals surface area contributed by atoms with Crippen molar-refractivity contribution in [2.75, 3.05) is 20.3 Å². The van der Waals surface area contributed by atoms with Gasteiger partial charge in [0.2, 0.25) is 5.91 Å². The fraction of sp³-hybridized carbons (Fsp3) is 0.250. The minimum atomic E-state index is -0.822. The second-order valence-electron chi connectivity index (χ2n) is 8.50. The zero-order chi connectivity index (χ0) is 26.4. The maximum Gasteiger partial charge on any atom is 0.343 e. The number of aromatic hydroxyl groups is 1. The minimum absolute atomic E-state index is 0.0810. The van der Waals surface area contributed by atoms with Crippen molar-refractivity contribution < 1.29 is 24.2 Å². The van der Waals surface area contributed by atoms with Crippen LogP contribution >= 0.6 is 0 Å². The lowest BCUT2D eigenvalue weighted by molar-refractivity contribution is -0.121. The molecule has 2 aromatic carbocycles. The Morgan fingerprint density at radius 1 is 1.05 bits per heavy atom. The van der Waals surface area contributed by atoms with Crippen LogP contribution in [0.2, 0.25) is 0 Å². The zero-order valence-electron chi connectivity index (χ0n) is 20.7. The van der Waals surface area contributed by atoms with Gasteiger partial charge in [-0.2, -0.15) is 0 Å². The molecule has 0 radical (unpaired) electrons. The molecule has 1 atom stereocenters. The van der Waals surface area contributed by atoms with E-state index >= 15 is 0 Å². The molecule has 0 aliphatic heterocycles. The van der Waals surface area contributed by atoms with Crippen LogP contribution in [0.5, 0.6) is 11.5 Å². The van der Waals surface area contributed by atoms with E-state index in [0.29, 0.717) is 24.3 Å². The number of H-pyrrole nitrogens is 2. The predicted molar refractivity (Wildman–Crippen MR) is 139 cm³/mol. The van der Waals surface area contributed by atoms with E-state index in [1.807, 2.05) is 30.5 Å². The molecule has 2 heterocycles. The van der Waals surface area contributed by atoms with Crippen LogP contribution in [0.15, 0.2) is 65.7 Å². The fourth-order valence-electron chi connectivity index (χ4n) is 4.38. The lowest BCUT2D eigenvalue weighted by atomic mass is 9.87. The van der Waals surface area contributed by atoms with E-state index in [4.69, 9.17) is 9.47 Å². The lowest BCUT2D eigenvalue weighted by Crippen LogP contribution is -2.29. The summed E-state index contributed by atoms with van der Waals surface area (Å²) in [6, 6.07) is 14.8. The number of ether oxygens (including phenoxy) is 2. The van der Waals surface area contributed by atoms with Gasteiger partial charge in [0, 0.05) is 42.2 Å². The highest BCUT2D eigenvalue weighted by atomic mass is 16.5. The first-order valence-electron chi connectivity index (χ1n) is 12.0. The number of hydrogen-bond acceptors (Lipinski definition) is 6. The molecule has 4 aromatic rings. The molecule has 0 saturated heterocycles. The van der Waals surface area contributed by atoms with Gasteiger partial charge < -0.3 is 29.9 Å². The van der Waals surface area contributed by atoms with Gasteiger partial charge in [-0.3, -0.25) is 9.59 Å². The quantitative estimate of drug-likeness (QED) is 0.244. The number of esters is 1. The molecule has 0 aliphatic carbocycles. The van der Waals surface area contributed by atoms with Gasteiger partial charge >= 0.3 is 5.97 Å². The topological polar surface area (TPSA) is 134 Å². The number of carbonyl (C=O) groups excluding carboxylic acids is 2. The first kappa shape index (κ1) is 25.6. The molecule has 0 fully saturated rings. The maximum atomic E-state index is 13.0. The van der Waals surface area contributed by atoms with E-state index in [-0.39, 0.29) is 30.1 Å². The van der Waals surface area contributed by atoms with Gasteiger partial charge in [-0.25, -0.2) is 4.79 Å². The molecular weight excluding hydrogens is 474 g/mol. The van der Waals surface area contributed by atoms with Crippen LogP contribution in [0.1, 0.15) is 46.3 Å². The Labute approximate surface area is 213 Å².